The molecule has 2 rings (SSSR count). The minimum absolute atomic E-state index is 0.137. The third-order valence-corrected chi connectivity index (χ3v) is 3.02. The van der Waals surface area contributed by atoms with Crippen LogP contribution in [-0.4, -0.2) is 16.8 Å². The number of benzene rings is 1. The second kappa shape index (κ2) is 5.90. The van der Waals surface area contributed by atoms with E-state index >= 15 is 0 Å². The van der Waals surface area contributed by atoms with Gasteiger partial charge in [0.05, 0.1) is 10.7 Å². The minimum Gasteiger partial charge on any atom is -0.366 e. The number of carbonyl (C=O) groups excluding carboxylic acids is 2. The molecular formula is C13H9Cl2N3O2. The van der Waals surface area contributed by atoms with E-state index < -0.39 is 11.8 Å². The summed E-state index contributed by atoms with van der Waals surface area (Å²) in [6.07, 6.45) is 1.42. The molecule has 1 aromatic heterocycles. The number of hydrogen-bond donors (Lipinski definition) is 2. The van der Waals surface area contributed by atoms with Crippen molar-refractivity contribution in [2.24, 2.45) is 5.73 Å². The highest BCUT2D eigenvalue weighted by Crippen LogP contribution is 2.23. The Hall–Kier alpha value is -2.11. The Labute approximate surface area is 124 Å². The molecule has 7 heteroatoms. The van der Waals surface area contributed by atoms with Crippen LogP contribution in [-0.2, 0) is 0 Å². The van der Waals surface area contributed by atoms with Gasteiger partial charge in [0.25, 0.3) is 5.91 Å². The molecule has 0 saturated carbocycles. The summed E-state index contributed by atoms with van der Waals surface area (Å²) >= 11 is 11.7. The van der Waals surface area contributed by atoms with Crippen molar-refractivity contribution >= 4 is 40.7 Å². The number of amides is 2. The molecule has 0 saturated heterocycles. The number of nitrogens with one attached hydrogen (secondary N) is 1. The number of nitrogens with zero attached hydrogens (tertiary/aromatic N) is 1. The van der Waals surface area contributed by atoms with Gasteiger partial charge in [0, 0.05) is 16.8 Å². The van der Waals surface area contributed by atoms with E-state index in [1.807, 2.05) is 0 Å². The lowest BCUT2D eigenvalue weighted by atomic mass is 10.2. The van der Waals surface area contributed by atoms with Crippen LogP contribution in [0, 0.1) is 0 Å². The fourth-order valence-corrected chi connectivity index (χ4v) is 1.81. The maximum absolute atomic E-state index is 12.0. The fraction of sp³-hybridized carbons (Fsp3) is 0. The number of primary amides is 1. The Bertz CT molecular complexity index is 689. The van der Waals surface area contributed by atoms with E-state index in [0.717, 1.165) is 0 Å². The molecule has 0 fully saturated rings. The number of pyridine rings is 1. The van der Waals surface area contributed by atoms with Gasteiger partial charge in [0.15, 0.2) is 0 Å². The van der Waals surface area contributed by atoms with Crippen molar-refractivity contribution in [3.8, 4) is 0 Å². The first kappa shape index (κ1) is 14.3. The van der Waals surface area contributed by atoms with Crippen LogP contribution in [0.3, 0.4) is 0 Å². The quantitative estimate of drug-likeness (QED) is 0.914. The van der Waals surface area contributed by atoms with Gasteiger partial charge in [-0.3, -0.25) is 14.6 Å². The third kappa shape index (κ3) is 3.26. The van der Waals surface area contributed by atoms with E-state index in [-0.39, 0.29) is 22.0 Å². The molecular weight excluding hydrogens is 301 g/mol. The summed E-state index contributed by atoms with van der Waals surface area (Å²) in [7, 11) is 0. The van der Waals surface area contributed by atoms with Gasteiger partial charge in [-0.15, -0.1) is 0 Å². The Kier molecular flexibility index (Phi) is 4.22. The molecule has 0 unspecified atom stereocenters. The summed E-state index contributed by atoms with van der Waals surface area (Å²) in [5.74, 6) is -1.10. The van der Waals surface area contributed by atoms with Gasteiger partial charge in [-0.2, -0.15) is 0 Å². The highest BCUT2D eigenvalue weighted by atomic mass is 35.5. The van der Waals surface area contributed by atoms with Crippen molar-refractivity contribution in [1.29, 1.82) is 0 Å². The maximum Gasteiger partial charge on any atom is 0.274 e. The summed E-state index contributed by atoms with van der Waals surface area (Å²) < 4.78 is 0. The Morgan fingerprint density at radius 1 is 1.15 bits per heavy atom. The Morgan fingerprint density at radius 2 is 1.90 bits per heavy atom. The first-order chi connectivity index (χ1) is 9.47. The highest BCUT2D eigenvalue weighted by Gasteiger charge is 2.12. The topological polar surface area (TPSA) is 85.1 Å². The monoisotopic (exact) mass is 309 g/mol. The second-order valence-electron chi connectivity index (χ2n) is 3.87. The standard InChI is InChI=1S/C13H9Cl2N3O2/c14-8-3-4-17-11(6-8)13(20)18-10-5-7(12(16)19)1-2-9(10)15/h1-6H,(H2,16,19)(H,18,20). The van der Waals surface area contributed by atoms with Crippen LogP contribution in [0.2, 0.25) is 10.0 Å². The van der Waals surface area contributed by atoms with Gasteiger partial charge in [-0.25, -0.2) is 0 Å². The molecule has 3 N–H and O–H groups in total. The molecule has 0 bridgehead atoms. The van der Waals surface area contributed by atoms with E-state index in [9.17, 15) is 9.59 Å². The Morgan fingerprint density at radius 3 is 2.55 bits per heavy atom. The average molecular weight is 310 g/mol. The molecule has 102 valence electrons. The van der Waals surface area contributed by atoms with Crippen LogP contribution in [0.25, 0.3) is 0 Å². The van der Waals surface area contributed by atoms with Crippen molar-refractivity contribution in [3.05, 3.63) is 57.8 Å². The fourth-order valence-electron chi connectivity index (χ4n) is 1.49. The third-order valence-electron chi connectivity index (χ3n) is 2.45. The molecule has 20 heavy (non-hydrogen) atoms. The summed E-state index contributed by atoms with van der Waals surface area (Å²) in [5.41, 5.74) is 5.82. The van der Waals surface area contributed by atoms with Gasteiger partial charge in [-0.05, 0) is 30.3 Å². The zero-order valence-electron chi connectivity index (χ0n) is 10.1. The number of hydrogen-bond acceptors (Lipinski definition) is 3. The molecule has 0 atom stereocenters. The van der Waals surface area contributed by atoms with Gasteiger partial charge < -0.3 is 11.1 Å². The van der Waals surface area contributed by atoms with Gasteiger partial charge in [0.2, 0.25) is 5.91 Å². The first-order valence-corrected chi connectivity index (χ1v) is 6.25. The zero-order valence-corrected chi connectivity index (χ0v) is 11.6. The lowest BCUT2D eigenvalue weighted by Gasteiger charge is -2.08. The normalized spacial score (nSPS) is 10.1. The lowest BCUT2D eigenvalue weighted by Crippen LogP contribution is -2.15. The Balaban J connectivity index is 2.27. The molecule has 0 aliphatic rings. The maximum atomic E-state index is 12.0. The number of carbonyl (C=O) groups is 2. The molecule has 2 amide bonds. The van der Waals surface area contributed by atoms with Crippen molar-refractivity contribution in [2.45, 2.75) is 0 Å². The summed E-state index contributed by atoms with van der Waals surface area (Å²) in [5, 5.41) is 3.22. The predicted molar refractivity (Wildman–Crippen MR) is 77.2 cm³/mol. The summed E-state index contributed by atoms with van der Waals surface area (Å²) in [6, 6.07) is 7.31. The van der Waals surface area contributed by atoms with Gasteiger partial charge in [-0.1, -0.05) is 23.2 Å². The van der Waals surface area contributed by atoms with Crippen LogP contribution < -0.4 is 11.1 Å². The highest BCUT2D eigenvalue weighted by molar-refractivity contribution is 6.34. The summed E-state index contributed by atoms with van der Waals surface area (Å²) in [6.45, 7) is 0. The first-order valence-electron chi connectivity index (χ1n) is 5.49. The predicted octanol–water partition coefficient (Wildman–Crippen LogP) is 2.74. The number of rotatable bonds is 3. The number of halogens is 2. The smallest absolute Gasteiger partial charge is 0.274 e. The summed E-state index contributed by atoms with van der Waals surface area (Å²) in [4.78, 5) is 27.0. The van der Waals surface area contributed by atoms with E-state index in [1.54, 1.807) is 6.07 Å². The molecule has 1 heterocycles. The largest absolute Gasteiger partial charge is 0.366 e. The van der Waals surface area contributed by atoms with Crippen molar-refractivity contribution < 1.29 is 9.59 Å². The second-order valence-corrected chi connectivity index (χ2v) is 4.72. The van der Waals surface area contributed by atoms with Crippen LogP contribution in [0.1, 0.15) is 20.8 Å². The molecule has 0 spiro atoms. The SMILES string of the molecule is NC(=O)c1ccc(Cl)c(NC(=O)c2cc(Cl)ccn2)c1. The average Bonchev–Trinajstić information content (AvgIpc) is 2.41. The lowest BCUT2D eigenvalue weighted by molar-refractivity contribution is 0.0995. The van der Waals surface area contributed by atoms with Crippen molar-refractivity contribution in [3.63, 3.8) is 0 Å². The van der Waals surface area contributed by atoms with Crippen LogP contribution in [0.15, 0.2) is 36.5 Å². The molecule has 1 aromatic carbocycles. The molecule has 0 aliphatic heterocycles. The van der Waals surface area contributed by atoms with Crippen LogP contribution in [0.5, 0.6) is 0 Å². The molecule has 0 radical (unpaired) electrons. The van der Waals surface area contributed by atoms with E-state index in [4.69, 9.17) is 28.9 Å². The van der Waals surface area contributed by atoms with E-state index in [1.165, 1.54) is 30.5 Å². The molecule has 2 aromatic rings. The molecule has 0 aliphatic carbocycles. The molecule has 5 nitrogen and oxygen atoms in total. The van der Waals surface area contributed by atoms with Crippen LogP contribution in [0.4, 0.5) is 5.69 Å². The van der Waals surface area contributed by atoms with E-state index in [0.29, 0.717) is 5.02 Å². The minimum atomic E-state index is -0.613. The number of aromatic nitrogens is 1. The number of anilines is 1. The zero-order chi connectivity index (χ0) is 14.7. The van der Waals surface area contributed by atoms with Gasteiger partial charge >= 0.3 is 0 Å². The van der Waals surface area contributed by atoms with Gasteiger partial charge in [0.1, 0.15) is 5.69 Å². The van der Waals surface area contributed by atoms with Crippen molar-refractivity contribution in [2.75, 3.05) is 5.32 Å². The van der Waals surface area contributed by atoms with E-state index in [2.05, 4.69) is 10.3 Å². The van der Waals surface area contributed by atoms with Crippen LogP contribution >= 0.6 is 23.2 Å². The van der Waals surface area contributed by atoms with Crippen molar-refractivity contribution in [1.82, 2.24) is 4.98 Å². The number of nitrogens with two attached hydrogens (primary N) is 1.